The van der Waals surface area contributed by atoms with Crippen LogP contribution in [0.4, 0.5) is 4.39 Å². The SMILES string of the molecule is C#C/C=C\C(C)=C(/C)N(C(=C)c1ccc(F)cc1)C(/C=C\C)=C/C=C. The van der Waals surface area contributed by atoms with E-state index in [4.69, 9.17) is 6.42 Å². The van der Waals surface area contributed by atoms with E-state index in [0.717, 1.165) is 28.2 Å². The zero-order valence-corrected chi connectivity index (χ0v) is 15.1. The molecule has 0 aliphatic rings. The van der Waals surface area contributed by atoms with Gasteiger partial charge in [-0.15, -0.1) is 6.42 Å². The third kappa shape index (κ3) is 5.51. The molecule has 128 valence electrons. The van der Waals surface area contributed by atoms with Gasteiger partial charge in [-0.1, -0.05) is 31.2 Å². The first kappa shape index (κ1) is 20.0. The van der Waals surface area contributed by atoms with Crippen LogP contribution in [0.2, 0.25) is 0 Å². The summed E-state index contributed by atoms with van der Waals surface area (Å²) in [4.78, 5) is 2.01. The van der Waals surface area contributed by atoms with E-state index in [1.165, 1.54) is 12.1 Å². The molecule has 0 bridgehead atoms. The van der Waals surface area contributed by atoms with E-state index < -0.39 is 0 Å². The summed E-state index contributed by atoms with van der Waals surface area (Å²) in [5, 5.41) is 0. The average molecular weight is 333 g/mol. The van der Waals surface area contributed by atoms with Gasteiger partial charge in [-0.05, 0) is 80.5 Å². The van der Waals surface area contributed by atoms with Gasteiger partial charge in [0.2, 0.25) is 0 Å². The van der Waals surface area contributed by atoms with E-state index in [1.807, 2.05) is 50.0 Å². The molecule has 25 heavy (non-hydrogen) atoms. The minimum Gasteiger partial charge on any atom is -0.314 e. The van der Waals surface area contributed by atoms with Crippen molar-refractivity contribution in [2.24, 2.45) is 0 Å². The molecular weight excluding hydrogens is 309 g/mol. The van der Waals surface area contributed by atoms with Crippen LogP contribution in [0, 0.1) is 18.2 Å². The number of allylic oxidation sites excluding steroid dienone is 8. The molecule has 1 nitrogen and oxygen atoms in total. The van der Waals surface area contributed by atoms with Crippen LogP contribution in [0.1, 0.15) is 26.3 Å². The van der Waals surface area contributed by atoms with E-state index in [-0.39, 0.29) is 5.82 Å². The van der Waals surface area contributed by atoms with Crippen molar-refractivity contribution in [1.82, 2.24) is 4.90 Å². The van der Waals surface area contributed by atoms with Crippen molar-refractivity contribution in [2.45, 2.75) is 20.8 Å². The maximum absolute atomic E-state index is 13.3. The van der Waals surface area contributed by atoms with Crippen molar-refractivity contribution in [3.63, 3.8) is 0 Å². The summed E-state index contributed by atoms with van der Waals surface area (Å²) in [7, 11) is 0. The number of nitrogens with zero attached hydrogens (tertiary/aromatic N) is 1. The Kier molecular flexibility index (Phi) is 7.96. The molecule has 0 saturated carbocycles. The normalized spacial score (nSPS) is 12.8. The summed E-state index contributed by atoms with van der Waals surface area (Å²) in [6.07, 6.45) is 16.4. The number of hydrogen-bond acceptors (Lipinski definition) is 1. The van der Waals surface area contributed by atoms with Gasteiger partial charge in [0.1, 0.15) is 5.82 Å². The predicted molar refractivity (Wildman–Crippen MR) is 107 cm³/mol. The molecule has 1 rings (SSSR count). The average Bonchev–Trinajstić information content (AvgIpc) is 2.60. The highest BCUT2D eigenvalue weighted by Crippen LogP contribution is 2.29. The molecule has 0 atom stereocenters. The van der Waals surface area contributed by atoms with Crippen LogP contribution in [-0.2, 0) is 0 Å². The molecule has 0 aliphatic carbocycles. The monoisotopic (exact) mass is 333 g/mol. The van der Waals surface area contributed by atoms with Gasteiger partial charge in [-0.25, -0.2) is 4.39 Å². The van der Waals surface area contributed by atoms with Crippen molar-refractivity contribution in [1.29, 1.82) is 0 Å². The van der Waals surface area contributed by atoms with Crippen LogP contribution >= 0.6 is 0 Å². The lowest BCUT2D eigenvalue weighted by molar-refractivity contribution is 0.612. The smallest absolute Gasteiger partial charge is 0.123 e. The lowest BCUT2D eigenvalue weighted by Crippen LogP contribution is -2.19. The fourth-order valence-corrected chi connectivity index (χ4v) is 2.29. The standard InChI is InChI=1S/C23H24FN/c1-7-10-13-18(4)19(5)25(23(11-8-2)12-9-3)20(6)21-14-16-22(24)17-15-21/h1,8-17H,2,6H2,3-5H3/b12-9-,13-10-,19-18+,23-11+. The number of terminal acetylenes is 1. The molecule has 0 radical (unpaired) electrons. The fourth-order valence-electron chi connectivity index (χ4n) is 2.29. The van der Waals surface area contributed by atoms with E-state index in [0.29, 0.717) is 0 Å². The highest BCUT2D eigenvalue weighted by Gasteiger charge is 2.16. The minimum atomic E-state index is -0.279. The molecule has 0 spiro atoms. The summed E-state index contributed by atoms with van der Waals surface area (Å²) in [5.41, 5.74) is 4.43. The maximum Gasteiger partial charge on any atom is 0.123 e. The first-order valence-corrected chi connectivity index (χ1v) is 7.96. The maximum atomic E-state index is 13.3. The number of halogens is 1. The van der Waals surface area contributed by atoms with Gasteiger partial charge in [-0.2, -0.15) is 0 Å². The van der Waals surface area contributed by atoms with Crippen molar-refractivity contribution >= 4 is 5.70 Å². The number of hydrogen-bond donors (Lipinski definition) is 0. The second kappa shape index (κ2) is 9.95. The van der Waals surface area contributed by atoms with Crippen molar-refractivity contribution < 1.29 is 4.39 Å². The number of benzene rings is 1. The van der Waals surface area contributed by atoms with Gasteiger partial charge < -0.3 is 4.90 Å². The van der Waals surface area contributed by atoms with Crippen molar-refractivity contribution in [3.05, 3.63) is 102 Å². The predicted octanol–water partition coefficient (Wildman–Crippen LogP) is 6.23. The zero-order valence-electron chi connectivity index (χ0n) is 15.1. The van der Waals surface area contributed by atoms with Crippen LogP contribution in [0.15, 0.2) is 90.8 Å². The first-order chi connectivity index (χ1) is 12.0. The molecule has 0 fully saturated rings. The van der Waals surface area contributed by atoms with Gasteiger partial charge in [-0.3, -0.25) is 0 Å². The Morgan fingerprint density at radius 2 is 1.84 bits per heavy atom. The molecule has 0 aromatic heterocycles. The minimum absolute atomic E-state index is 0.279. The summed E-state index contributed by atoms with van der Waals surface area (Å²) in [6, 6.07) is 6.28. The fraction of sp³-hybridized carbons (Fsp3) is 0.130. The molecule has 0 heterocycles. The van der Waals surface area contributed by atoms with Crippen molar-refractivity contribution in [2.75, 3.05) is 0 Å². The summed E-state index contributed by atoms with van der Waals surface area (Å²) >= 11 is 0. The topological polar surface area (TPSA) is 3.24 Å². The number of rotatable bonds is 7. The molecule has 0 unspecified atom stereocenters. The van der Waals surface area contributed by atoms with Crippen LogP contribution in [0.25, 0.3) is 5.70 Å². The van der Waals surface area contributed by atoms with Gasteiger partial charge in [0, 0.05) is 17.1 Å². The molecule has 0 saturated heterocycles. The van der Waals surface area contributed by atoms with Crippen molar-refractivity contribution in [3.8, 4) is 12.3 Å². The molecule has 0 amide bonds. The first-order valence-electron chi connectivity index (χ1n) is 7.96. The molecule has 0 aliphatic heterocycles. The highest BCUT2D eigenvalue weighted by atomic mass is 19.1. The highest BCUT2D eigenvalue weighted by molar-refractivity contribution is 5.66. The van der Waals surface area contributed by atoms with Crippen LogP contribution in [0.5, 0.6) is 0 Å². The van der Waals surface area contributed by atoms with Crippen LogP contribution < -0.4 is 0 Å². The lowest BCUT2D eigenvalue weighted by Gasteiger charge is -2.30. The van der Waals surface area contributed by atoms with E-state index >= 15 is 0 Å². The van der Waals surface area contributed by atoms with E-state index in [9.17, 15) is 4.39 Å². The zero-order chi connectivity index (χ0) is 18.8. The van der Waals surface area contributed by atoms with Gasteiger partial charge >= 0.3 is 0 Å². The Labute approximate surface area is 150 Å². The van der Waals surface area contributed by atoms with Gasteiger partial charge in [0.25, 0.3) is 0 Å². The molecular formula is C23H24FN. The molecule has 2 heteroatoms. The van der Waals surface area contributed by atoms with Gasteiger partial charge in [0.05, 0.1) is 0 Å². The largest absolute Gasteiger partial charge is 0.314 e. The van der Waals surface area contributed by atoms with Crippen LogP contribution in [0.3, 0.4) is 0 Å². The second-order valence-electron chi connectivity index (χ2n) is 5.38. The summed E-state index contributed by atoms with van der Waals surface area (Å²) in [5.74, 6) is 2.22. The van der Waals surface area contributed by atoms with Gasteiger partial charge in [0.15, 0.2) is 0 Å². The third-order valence-corrected chi connectivity index (χ3v) is 3.67. The Balaban J connectivity index is 3.51. The second-order valence-corrected chi connectivity index (χ2v) is 5.38. The molecule has 1 aromatic carbocycles. The summed E-state index contributed by atoms with van der Waals surface area (Å²) in [6.45, 7) is 13.9. The Bertz CT molecular complexity index is 780. The molecule has 1 aromatic rings. The Morgan fingerprint density at radius 3 is 2.36 bits per heavy atom. The Hall–Kier alpha value is -3.05. The quantitative estimate of drug-likeness (QED) is 0.422. The third-order valence-electron chi connectivity index (χ3n) is 3.67. The summed E-state index contributed by atoms with van der Waals surface area (Å²) < 4.78 is 13.3. The van der Waals surface area contributed by atoms with E-state index in [2.05, 4.69) is 19.1 Å². The molecule has 0 N–H and O–H groups in total. The van der Waals surface area contributed by atoms with E-state index in [1.54, 1.807) is 24.3 Å². The van der Waals surface area contributed by atoms with Crippen LogP contribution in [-0.4, -0.2) is 4.90 Å². The lowest BCUT2D eigenvalue weighted by atomic mass is 10.1. The Morgan fingerprint density at radius 1 is 1.20 bits per heavy atom.